The number of hydrogen-bond acceptors (Lipinski definition) is 10. The van der Waals surface area contributed by atoms with Gasteiger partial charge in [-0.1, -0.05) is 30.1 Å². The van der Waals surface area contributed by atoms with E-state index in [4.69, 9.17) is 46.9 Å². The minimum atomic E-state index is -1.79. The third kappa shape index (κ3) is 8.19. The van der Waals surface area contributed by atoms with Gasteiger partial charge in [-0.25, -0.2) is 0 Å². The van der Waals surface area contributed by atoms with Crippen LogP contribution >= 0.6 is 23.2 Å². The van der Waals surface area contributed by atoms with Crippen LogP contribution in [0.2, 0.25) is 10.0 Å². The predicted octanol–water partition coefficient (Wildman–Crippen LogP) is 3.80. The third-order valence-electron chi connectivity index (χ3n) is 8.12. The lowest BCUT2D eigenvalue weighted by Crippen LogP contribution is -2.54. The third-order valence-corrected chi connectivity index (χ3v) is 8.68. The first-order valence-electron chi connectivity index (χ1n) is 15.7. The molecule has 51 heavy (non-hydrogen) atoms. The number of aliphatic hydroxyl groups is 1. The normalized spacial score (nSPS) is 17.6. The molecule has 3 aromatic carbocycles. The maximum Gasteiger partial charge on any atom is 0.248 e. The fourth-order valence-electron chi connectivity index (χ4n) is 5.71. The Morgan fingerprint density at radius 1 is 0.863 bits per heavy atom. The van der Waals surface area contributed by atoms with E-state index in [1.807, 2.05) is 6.92 Å². The molecule has 4 atom stereocenters. The van der Waals surface area contributed by atoms with Crippen LogP contribution in [-0.2, 0) is 19.2 Å². The Labute approximate surface area is 305 Å². The standard InChI is InChI=1S/C35H40Cl2N4O10/c1-8-9-51-32-22(36)10-17(11-23(32)37)31(43)30-35(46)40-29(33(44)38-3)21-12-18(47-4)13-26(50-7)27(21)19-14-20(25(49-6)15-24(19)48-5)28(34(45)41-30)39-16(2)42/h10-15,28-31,43H,8-9H2,1-7H3,(H,38,44)(H,39,42)(H,40,46)(H,41,45)/t28-,29?,30+,31-/m1/s1. The van der Waals surface area contributed by atoms with Crippen LogP contribution < -0.4 is 45.0 Å². The van der Waals surface area contributed by atoms with Crippen molar-refractivity contribution in [1.29, 1.82) is 0 Å². The summed E-state index contributed by atoms with van der Waals surface area (Å²) in [6.45, 7) is 3.43. The number of likely N-dealkylation sites (N-methyl/N-ethyl adjacent to an activating group) is 1. The van der Waals surface area contributed by atoms with Gasteiger partial charge >= 0.3 is 0 Å². The number of carbonyl (C=O) groups excluding carboxylic acids is 4. The first-order chi connectivity index (χ1) is 24.3. The second kappa shape index (κ2) is 16.9. The molecule has 1 aliphatic rings. The van der Waals surface area contributed by atoms with Crippen molar-refractivity contribution in [3.05, 3.63) is 63.1 Å². The lowest BCUT2D eigenvalue weighted by molar-refractivity contribution is -0.136. The average Bonchev–Trinajstić information content (AvgIpc) is 3.12. The van der Waals surface area contributed by atoms with Crippen molar-refractivity contribution in [3.8, 4) is 39.9 Å². The zero-order chi connectivity index (χ0) is 37.6. The summed E-state index contributed by atoms with van der Waals surface area (Å²) in [7, 11) is 6.99. The lowest BCUT2D eigenvalue weighted by Gasteiger charge is -2.31. The zero-order valence-electron chi connectivity index (χ0n) is 29.1. The molecule has 0 saturated heterocycles. The molecule has 0 aliphatic carbocycles. The topological polar surface area (TPSA) is 183 Å². The summed E-state index contributed by atoms with van der Waals surface area (Å²) in [5.74, 6) is -2.09. The summed E-state index contributed by atoms with van der Waals surface area (Å²) >= 11 is 13.0. The molecule has 0 radical (unpaired) electrons. The minimum absolute atomic E-state index is 0.0435. The summed E-state index contributed by atoms with van der Waals surface area (Å²) in [4.78, 5) is 54.8. The molecule has 0 saturated carbocycles. The van der Waals surface area contributed by atoms with Gasteiger partial charge in [0.25, 0.3) is 0 Å². The van der Waals surface area contributed by atoms with E-state index in [-0.39, 0.29) is 61.0 Å². The Balaban J connectivity index is 2.07. The van der Waals surface area contributed by atoms with Crippen molar-refractivity contribution in [2.75, 3.05) is 42.1 Å². The van der Waals surface area contributed by atoms with Crippen molar-refractivity contribution in [2.45, 2.75) is 44.5 Å². The van der Waals surface area contributed by atoms with Gasteiger partial charge < -0.3 is 50.1 Å². The van der Waals surface area contributed by atoms with Crippen LogP contribution in [0, 0.1) is 0 Å². The summed E-state index contributed by atoms with van der Waals surface area (Å²) < 4.78 is 28.3. The van der Waals surface area contributed by atoms with E-state index in [1.54, 1.807) is 12.1 Å². The largest absolute Gasteiger partial charge is 0.497 e. The van der Waals surface area contributed by atoms with Crippen molar-refractivity contribution in [1.82, 2.24) is 21.3 Å². The summed E-state index contributed by atoms with van der Waals surface area (Å²) in [5, 5.41) is 22.3. The maximum atomic E-state index is 14.3. The van der Waals surface area contributed by atoms with Gasteiger partial charge in [-0.2, -0.15) is 0 Å². The zero-order valence-corrected chi connectivity index (χ0v) is 30.6. The van der Waals surface area contributed by atoms with E-state index in [2.05, 4.69) is 21.3 Å². The number of benzene rings is 3. The smallest absolute Gasteiger partial charge is 0.248 e. The second-order valence-electron chi connectivity index (χ2n) is 11.4. The van der Waals surface area contributed by atoms with Crippen LogP contribution in [-0.4, -0.2) is 76.9 Å². The van der Waals surface area contributed by atoms with Gasteiger partial charge in [0.05, 0.1) is 45.1 Å². The van der Waals surface area contributed by atoms with Gasteiger partial charge in [-0.05, 0) is 41.8 Å². The molecule has 3 aromatic rings. The van der Waals surface area contributed by atoms with E-state index in [9.17, 15) is 24.3 Å². The first kappa shape index (κ1) is 38.9. The fraction of sp³-hybridized carbons (Fsp3) is 0.371. The number of ether oxygens (including phenoxy) is 5. The van der Waals surface area contributed by atoms with Gasteiger partial charge in [0.1, 0.15) is 47.2 Å². The molecule has 0 fully saturated rings. The number of nitrogens with one attached hydrogen (secondary N) is 4. The number of rotatable bonds is 11. The van der Waals surface area contributed by atoms with Crippen LogP contribution in [0.15, 0.2) is 36.4 Å². The molecule has 14 nitrogen and oxygen atoms in total. The lowest BCUT2D eigenvalue weighted by atomic mass is 9.89. The van der Waals surface area contributed by atoms with Crippen molar-refractivity contribution in [2.24, 2.45) is 0 Å². The highest BCUT2D eigenvalue weighted by molar-refractivity contribution is 6.37. The Kier molecular flexibility index (Phi) is 12.9. The highest BCUT2D eigenvalue weighted by atomic mass is 35.5. The van der Waals surface area contributed by atoms with E-state index < -0.39 is 47.9 Å². The highest BCUT2D eigenvalue weighted by Crippen LogP contribution is 2.47. The SMILES string of the molecule is CCCOc1c(Cl)cc([C@@H](O)[C@@H]2NC(=O)[C@H](NC(C)=O)c3cc(c(OC)cc3OC)-c3c(OC)cc(OC)cc3C(C(=O)NC)NC2=O)cc1Cl. The van der Waals surface area contributed by atoms with Gasteiger partial charge in [0.15, 0.2) is 5.75 Å². The van der Waals surface area contributed by atoms with Gasteiger partial charge in [0.2, 0.25) is 23.6 Å². The Morgan fingerprint density at radius 3 is 2.06 bits per heavy atom. The Morgan fingerprint density at radius 2 is 1.51 bits per heavy atom. The average molecular weight is 748 g/mol. The molecule has 0 spiro atoms. The molecular formula is C35H40Cl2N4O10. The maximum absolute atomic E-state index is 14.3. The Bertz CT molecular complexity index is 1800. The minimum Gasteiger partial charge on any atom is -0.497 e. The quantitative estimate of drug-likeness (QED) is 0.194. The van der Waals surface area contributed by atoms with Crippen molar-refractivity contribution in [3.63, 3.8) is 0 Å². The molecule has 274 valence electrons. The molecule has 4 amide bonds. The second-order valence-corrected chi connectivity index (χ2v) is 12.2. The predicted molar refractivity (Wildman–Crippen MR) is 189 cm³/mol. The van der Waals surface area contributed by atoms with Crippen LogP contribution in [0.5, 0.6) is 28.7 Å². The van der Waals surface area contributed by atoms with Crippen LogP contribution in [0.3, 0.4) is 0 Å². The molecule has 4 rings (SSSR count). The number of carbonyl (C=O) groups is 4. The van der Waals surface area contributed by atoms with Gasteiger partial charge in [-0.3, -0.25) is 19.2 Å². The number of hydrogen-bond donors (Lipinski definition) is 5. The highest BCUT2D eigenvalue weighted by Gasteiger charge is 2.39. The number of aliphatic hydroxyl groups excluding tert-OH is 1. The molecular weight excluding hydrogens is 707 g/mol. The first-order valence-corrected chi connectivity index (χ1v) is 16.5. The number of fused-ring (bicyclic) bond motifs is 4. The molecule has 2 bridgehead atoms. The molecule has 0 aromatic heterocycles. The Hall–Kier alpha value is -4.92. The molecule has 16 heteroatoms. The van der Waals surface area contributed by atoms with Crippen LogP contribution in [0.1, 0.15) is 55.1 Å². The van der Waals surface area contributed by atoms with Gasteiger partial charge in [-0.15, -0.1) is 0 Å². The van der Waals surface area contributed by atoms with E-state index >= 15 is 0 Å². The van der Waals surface area contributed by atoms with Gasteiger partial charge in [0, 0.05) is 42.8 Å². The summed E-state index contributed by atoms with van der Waals surface area (Å²) in [6, 6.07) is 4.17. The molecule has 1 aliphatic heterocycles. The van der Waals surface area contributed by atoms with Crippen LogP contribution in [0.25, 0.3) is 11.1 Å². The van der Waals surface area contributed by atoms with E-state index in [0.29, 0.717) is 18.6 Å². The summed E-state index contributed by atoms with van der Waals surface area (Å²) in [6.07, 6.45) is -1.11. The van der Waals surface area contributed by atoms with Crippen LogP contribution in [0.4, 0.5) is 0 Å². The summed E-state index contributed by atoms with van der Waals surface area (Å²) in [5.41, 5.74) is 1.00. The van der Waals surface area contributed by atoms with E-state index in [1.165, 1.54) is 66.7 Å². The van der Waals surface area contributed by atoms with E-state index in [0.717, 1.165) is 0 Å². The van der Waals surface area contributed by atoms with Crippen molar-refractivity contribution < 1.29 is 48.0 Å². The van der Waals surface area contributed by atoms with Crippen molar-refractivity contribution >= 4 is 46.8 Å². The molecule has 1 unspecified atom stereocenters. The number of amides is 4. The number of methoxy groups -OCH3 is 4. The molecule has 5 N–H and O–H groups in total. The molecule has 1 heterocycles. The monoisotopic (exact) mass is 746 g/mol. The fourth-order valence-corrected chi connectivity index (χ4v) is 6.32. The number of halogens is 2.